The van der Waals surface area contributed by atoms with Crippen molar-refractivity contribution < 1.29 is 9.53 Å². The quantitative estimate of drug-likeness (QED) is 0.795. The van der Waals surface area contributed by atoms with Gasteiger partial charge in [-0.2, -0.15) is 4.52 Å². The summed E-state index contributed by atoms with van der Waals surface area (Å²) in [6, 6.07) is 7.48. The topological polar surface area (TPSA) is 81.4 Å². The highest BCUT2D eigenvalue weighted by atomic mass is 32.1. The number of amides is 1. The number of nitrogens with one attached hydrogen (secondary N) is 1. The molecule has 0 radical (unpaired) electrons. The van der Waals surface area contributed by atoms with E-state index in [0.29, 0.717) is 15.9 Å². The van der Waals surface area contributed by atoms with Gasteiger partial charge in [0.1, 0.15) is 5.75 Å². The lowest BCUT2D eigenvalue weighted by Gasteiger charge is -2.01. The number of anilines is 1. The highest BCUT2D eigenvalue weighted by Gasteiger charge is 2.14. The normalized spacial score (nSPS) is 10.7. The molecule has 0 aliphatic carbocycles. The lowest BCUT2D eigenvalue weighted by molar-refractivity contribution is -0.114. The minimum Gasteiger partial charge on any atom is -0.497 e. The Labute approximate surface area is 118 Å². The SMILES string of the molecule is COc1cccc(-c2nnc3sc(NC(C)=O)nn23)c1. The van der Waals surface area contributed by atoms with Gasteiger partial charge in [-0.15, -0.1) is 15.3 Å². The number of hydrogen-bond donors (Lipinski definition) is 1. The van der Waals surface area contributed by atoms with Crippen LogP contribution >= 0.6 is 11.3 Å². The largest absolute Gasteiger partial charge is 0.497 e. The maximum absolute atomic E-state index is 11.0. The van der Waals surface area contributed by atoms with E-state index in [9.17, 15) is 4.79 Å². The predicted molar refractivity (Wildman–Crippen MR) is 75.0 cm³/mol. The van der Waals surface area contributed by atoms with Crippen LogP contribution in [0.1, 0.15) is 6.92 Å². The van der Waals surface area contributed by atoms with E-state index in [4.69, 9.17) is 4.74 Å². The molecule has 7 nitrogen and oxygen atoms in total. The standard InChI is InChI=1S/C12H11N5O2S/c1-7(18)13-11-16-17-10(14-15-12(17)20-11)8-4-3-5-9(6-8)19-2/h3-6H,1-2H3,(H,13,16,18). The monoisotopic (exact) mass is 289 g/mol. The van der Waals surface area contributed by atoms with E-state index >= 15 is 0 Å². The van der Waals surface area contributed by atoms with E-state index in [1.165, 1.54) is 18.3 Å². The molecule has 3 aromatic rings. The van der Waals surface area contributed by atoms with Crippen LogP contribution in [-0.4, -0.2) is 32.8 Å². The predicted octanol–water partition coefficient (Wildman–Crippen LogP) is 1.82. The van der Waals surface area contributed by atoms with E-state index in [-0.39, 0.29) is 5.91 Å². The van der Waals surface area contributed by atoms with Gasteiger partial charge in [-0.25, -0.2) is 0 Å². The van der Waals surface area contributed by atoms with Crippen LogP contribution in [-0.2, 0) is 4.79 Å². The number of carbonyl (C=O) groups is 1. The molecule has 0 atom stereocenters. The summed E-state index contributed by atoms with van der Waals surface area (Å²) >= 11 is 1.27. The molecule has 0 bridgehead atoms. The summed E-state index contributed by atoms with van der Waals surface area (Å²) in [6.07, 6.45) is 0. The van der Waals surface area contributed by atoms with Gasteiger partial charge in [0, 0.05) is 12.5 Å². The maximum Gasteiger partial charge on any atom is 0.236 e. The lowest BCUT2D eigenvalue weighted by Crippen LogP contribution is -2.05. The van der Waals surface area contributed by atoms with E-state index in [1.807, 2.05) is 24.3 Å². The first kappa shape index (κ1) is 12.5. The van der Waals surface area contributed by atoms with Crippen molar-refractivity contribution in [2.75, 3.05) is 12.4 Å². The summed E-state index contributed by atoms with van der Waals surface area (Å²) in [6.45, 7) is 1.44. The van der Waals surface area contributed by atoms with Crippen molar-refractivity contribution in [2.24, 2.45) is 0 Å². The molecule has 3 rings (SSSR count). The number of rotatable bonds is 3. The van der Waals surface area contributed by atoms with Crippen molar-refractivity contribution in [1.82, 2.24) is 19.8 Å². The van der Waals surface area contributed by atoms with Crippen LogP contribution in [0.2, 0.25) is 0 Å². The summed E-state index contributed by atoms with van der Waals surface area (Å²) in [5, 5.41) is 15.6. The number of ether oxygens (including phenoxy) is 1. The number of fused-ring (bicyclic) bond motifs is 1. The maximum atomic E-state index is 11.0. The molecule has 0 saturated carbocycles. The first-order valence-electron chi connectivity index (χ1n) is 5.81. The van der Waals surface area contributed by atoms with Crippen LogP contribution in [0.15, 0.2) is 24.3 Å². The van der Waals surface area contributed by atoms with Crippen LogP contribution < -0.4 is 10.1 Å². The van der Waals surface area contributed by atoms with Crippen molar-refractivity contribution in [3.8, 4) is 17.1 Å². The smallest absolute Gasteiger partial charge is 0.236 e. The highest BCUT2D eigenvalue weighted by molar-refractivity contribution is 7.20. The minimum atomic E-state index is -0.169. The molecule has 0 spiro atoms. The third kappa shape index (κ3) is 2.21. The summed E-state index contributed by atoms with van der Waals surface area (Å²) < 4.78 is 6.79. The second-order valence-electron chi connectivity index (χ2n) is 4.04. The van der Waals surface area contributed by atoms with Crippen LogP contribution in [0.25, 0.3) is 16.3 Å². The first-order chi connectivity index (χ1) is 9.67. The third-order valence-corrected chi connectivity index (χ3v) is 3.42. The second-order valence-corrected chi connectivity index (χ2v) is 4.99. The van der Waals surface area contributed by atoms with Gasteiger partial charge in [-0.3, -0.25) is 4.79 Å². The molecule has 1 aromatic carbocycles. The van der Waals surface area contributed by atoms with Gasteiger partial charge in [0.15, 0.2) is 5.82 Å². The fraction of sp³-hybridized carbons (Fsp3) is 0.167. The van der Waals surface area contributed by atoms with Crippen molar-refractivity contribution in [1.29, 1.82) is 0 Å². The number of hydrogen-bond acceptors (Lipinski definition) is 6. The molecule has 0 saturated heterocycles. The van der Waals surface area contributed by atoms with Gasteiger partial charge in [-0.05, 0) is 12.1 Å². The molecule has 102 valence electrons. The van der Waals surface area contributed by atoms with E-state index < -0.39 is 0 Å². The first-order valence-corrected chi connectivity index (χ1v) is 6.63. The van der Waals surface area contributed by atoms with E-state index in [0.717, 1.165) is 11.3 Å². The molecule has 0 fully saturated rings. The third-order valence-electron chi connectivity index (χ3n) is 2.60. The van der Waals surface area contributed by atoms with Gasteiger partial charge >= 0.3 is 0 Å². The van der Waals surface area contributed by atoms with Crippen molar-refractivity contribution in [3.63, 3.8) is 0 Å². The Morgan fingerprint density at radius 3 is 3.00 bits per heavy atom. The average molecular weight is 289 g/mol. The van der Waals surface area contributed by atoms with Gasteiger partial charge < -0.3 is 10.1 Å². The van der Waals surface area contributed by atoms with Crippen LogP contribution in [0, 0.1) is 0 Å². The number of nitrogens with zero attached hydrogens (tertiary/aromatic N) is 4. The molecular formula is C12H11N5O2S. The molecular weight excluding hydrogens is 278 g/mol. The van der Waals surface area contributed by atoms with Crippen molar-refractivity contribution >= 4 is 27.3 Å². The Morgan fingerprint density at radius 2 is 2.25 bits per heavy atom. The summed E-state index contributed by atoms with van der Waals surface area (Å²) in [7, 11) is 1.61. The van der Waals surface area contributed by atoms with Crippen molar-refractivity contribution in [2.45, 2.75) is 6.92 Å². The van der Waals surface area contributed by atoms with Crippen LogP contribution in [0.3, 0.4) is 0 Å². The second kappa shape index (κ2) is 4.89. The molecule has 1 amide bonds. The van der Waals surface area contributed by atoms with Gasteiger partial charge in [0.2, 0.25) is 16.0 Å². The Kier molecular flexibility index (Phi) is 3.07. The molecule has 0 aliphatic heterocycles. The molecule has 0 aliphatic rings. The molecule has 2 heterocycles. The minimum absolute atomic E-state index is 0.169. The van der Waals surface area contributed by atoms with Gasteiger partial charge in [0.25, 0.3) is 0 Å². The Balaban J connectivity index is 2.06. The summed E-state index contributed by atoms with van der Waals surface area (Å²) in [4.78, 5) is 11.7. The summed E-state index contributed by atoms with van der Waals surface area (Å²) in [5.41, 5.74) is 0.844. The summed E-state index contributed by atoms with van der Waals surface area (Å²) in [5.74, 6) is 1.17. The average Bonchev–Trinajstić information content (AvgIpc) is 2.97. The molecule has 0 unspecified atom stereocenters. The lowest BCUT2D eigenvalue weighted by atomic mass is 10.2. The fourth-order valence-corrected chi connectivity index (χ4v) is 2.55. The zero-order valence-corrected chi connectivity index (χ0v) is 11.6. The highest BCUT2D eigenvalue weighted by Crippen LogP contribution is 2.26. The van der Waals surface area contributed by atoms with Gasteiger partial charge in [0.05, 0.1) is 7.11 Å². The van der Waals surface area contributed by atoms with Gasteiger partial charge in [-0.1, -0.05) is 23.5 Å². The zero-order valence-electron chi connectivity index (χ0n) is 10.8. The fourth-order valence-electron chi connectivity index (χ4n) is 1.76. The van der Waals surface area contributed by atoms with Crippen LogP contribution in [0.5, 0.6) is 5.75 Å². The zero-order chi connectivity index (χ0) is 14.1. The molecule has 2 aromatic heterocycles. The number of benzene rings is 1. The molecule has 1 N–H and O–H groups in total. The Morgan fingerprint density at radius 1 is 1.40 bits per heavy atom. The van der Waals surface area contributed by atoms with E-state index in [1.54, 1.807) is 11.6 Å². The van der Waals surface area contributed by atoms with E-state index in [2.05, 4.69) is 20.6 Å². The van der Waals surface area contributed by atoms with Crippen molar-refractivity contribution in [3.05, 3.63) is 24.3 Å². The van der Waals surface area contributed by atoms with Crippen LogP contribution in [0.4, 0.5) is 5.13 Å². The molecule has 20 heavy (non-hydrogen) atoms. The number of aromatic nitrogens is 4. The Hall–Kier alpha value is -2.48. The number of methoxy groups -OCH3 is 1. The Bertz CT molecular complexity index is 779. The number of carbonyl (C=O) groups excluding carboxylic acids is 1. The molecule has 8 heteroatoms.